The quantitative estimate of drug-likeness (QED) is 0.259. The number of carbonyl (C=O) groups excluding carboxylic acids is 4. The van der Waals surface area contributed by atoms with Gasteiger partial charge in [0.25, 0.3) is 0 Å². The molecule has 2 aliphatic carbocycles. The summed E-state index contributed by atoms with van der Waals surface area (Å²) in [5.74, 6) is -3.43. The first-order valence-electron chi connectivity index (χ1n) is 12.8. The lowest BCUT2D eigenvalue weighted by molar-refractivity contribution is -0.156. The number of ether oxygens (including phenoxy) is 4. The Labute approximate surface area is 228 Å². The van der Waals surface area contributed by atoms with E-state index in [9.17, 15) is 34.5 Å². The van der Waals surface area contributed by atoms with Gasteiger partial charge in [-0.05, 0) is 54.1 Å². The van der Waals surface area contributed by atoms with Crippen molar-refractivity contribution in [2.24, 2.45) is 11.3 Å². The van der Waals surface area contributed by atoms with Crippen molar-refractivity contribution in [3.05, 3.63) is 34.1 Å². The predicted molar refractivity (Wildman–Crippen MR) is 138 cm³/mol. The van der Waals surface area contributed by atoms with Gasteiger partial charge < -0.3 is 34.3 Å². The summed E-state index contributed by atoms with van der Waals surface area (Å²) in [6.07, 6.45) is -4.61. The summed E-state index contributed by atoms with van der Waals surface area (Å²) in [6.45, 7) is 11.0. The highest BCUT2D eigenvalue weighted by atomic mass is 16.6. The van der Waals surface area contributed by atoms with E-state index in [2.05, 4.69) is 0 Å². The number of aliphatic hydroxyl groups is 3. The standard InChI is InChI=1S/C28H40O11/c1-13-21(34)11-22(35)19(12-29)9-24(37-16(4)31)20-10-23(36-15(3)30)14(2)25(28(20,7)8)27(39-18(6)33)26(13)38-17(5)32/h9,20-24,27,29,34-35H,10-12H2,1-8H3/b19-9+,26-13-/t20-,21+,22-,23+,24+,27-/m1/s1. The molecular formula is C28H40O11. The molecule has 0 radical (unpaired) electrons. The van der Waals surface area contributed by atoms with Crippen LogP contribution in [0.15, 0.2) is 34.1 Å². The molecule has 3 N–H and O–H groups in total. The van der Waals surface area contributed by atoms with Crippen LogP contribution in [0.3, 0.4) is 0 Å². The molecule has 0 aromatic rings. The zero-order valence-corrected chi connectivity index (χ0v) is 23.8. The minimum absolute atomic E-state index is 0.104. The molecule has 2 aliphatic rings. The van der Waals surface area contributed by atoms with Crippen LogP contribution in [-0.4, -0.2) is 76.3 Å². The van der Waals surface area contributed by atoms with E-state index in [-0.39, 0.29) is 29.7 Å². The number of esters is 4. The van der Waals surface area contributed by atoms with Crippen LogP contribution in [0, 0.1) is 11.3 Å². The molecule has 11 nitrogen and oxygen atoms in total. The largest absolute Gasteiger partial charge is 0.458 e. The van der Waals surface area contributed by atoms with Crippen LogP contribution < -0.4 is 0 Å². The zero-order chi connectivity index (χ0) is 29.8. The van der Waals surface area contributed by atoms with Crippen molar-refractivity contribution < 1.29 is 53.4 Å². The van der Waals surface area contributed by atoms with Crippen molar-refractivity contribution in [2.45, 2.75) is 98.8 Å². The third-order valence-corrected chi connectivity index (χ3v) is 7.37. The van der Waals surface area contributed by atoms with Crippen molar-refractivity contribution in [3.8, 4) is 0 Å². The third-order valence-electron chi connectivity index (χ3n) is 7.37. The van der Waals surface area contributed by atoms with E-state index in [1.165, 1.54) is 33.8 Å². The highest BCUT2D eigenvalue weighted by Gasteiger charge is 2.51. The first-order valence-corrected chi connectivity index (χ1v) is 12.8. The molecule has 0 unspecified atom stereocenters. The fourth-order valence-corrected chi connectivity index (χ4v) is 5.52. The average Bonchev–Trinajstić information content (AvgIpc) is 2.79. The second-order valence-electron chi connectivity index (χ2n) is 10.6. The molecule has 2 rings (SSSR count). The zero-order valence-electron chi connectivity index (χ0n) is 23.8. The fourth-order valence-electron chi connectivity index (χ4n) is 5.52. The molecule has 218 valence electrons. The number of fused-ring (bicyclic) bond motifs is 2. The Morgan fingerprint density at radius 2 is 1.41 bits per heavy atom. The Kier molecular flexibility index (Phi) is 10.6. The Balaban J connectivity index is 3.05. The van der Waals surface area contributed by atoms with Gasteiger partial charge in [-0.15, -0.1) is 0 Å². The Hall–Kier alpha value is -3.02. The lowest BCUT2D eigenvalue weighted by Gasteiger charge is -2.48. The van der Waals surface area contributed by atoms with Crippen LogP contribution in [0.25, 0.3) is 0 Å². The SMILES string of the molecule is CC(=O)O/C1=C(/C)[C@@H](O)C[C@@H](O)/C(CO)=C/[C@H](OC(C)=O)[C@H]2C[C@H](OC(C)=O)C(C)=C([C@H]1OC(C)=O)C2(C)C. The monoisotopic (exact) mass is 552 g/mol. The van der Waals surface area contributed by atoms with Gasteiger partial charge in [0.1, 0.15) is 12.2 Å². The number of aliphatic hydroxyl groups excluding tert-OH is 3. The molecule has 39 heavy (non-hydrogen) atoms. The molecule has 0 fully saturated rings. The van der Waals surface area contributed by atoms with Crippen molar-refractivity contribution in [2.75, 3.05) is 6.61 Å². The minimum atomic E-state index is -1.39. The van der Waals surface area contributed by atoms with Crippen LogP contribution in [0.2, 0.25) is 0 Å². The first-order chi connectivity index (χ1) is 18.0. The molecule has 0 aliphatic heterocycles. The number of hydrogen-bond acceptors (Lipinski definition) is 11. The van der Waals surface area contributed by atoms with Crippen LogP contribution in [-0.2, 0) is 38.1 Å². The van der Waals surface area contributed by atoms with Gasteiger partial charge in [-0.2, -0.15) is 0 Å². The van der Waals surface area contributed by atoms with Gasteiger partial charge in [-0.1, -0.05) is 13.8 Å². The van der Waals surface area contributed by atoms with E-state index >= 15 is 0 Å². The molecule has 0 amide bonds. The lowest BCUT2D eigenvalue weighted by atomic mass is 9.60. The summed E-state index contributed by atoms with van der Waals surface area (Å²) in [6, 6.07) is 0. The topological polar surface area (TPSA) is 166 Å². The Morgan fingerprint density at radius 3 is 1.90 bits per heavy atom. The molecule has 2 bridgehead atoms. The lowest BCUT2D eigenvalue weighted by Crippen LogP contribution is -2.49. The van der Waals surface area contributed by atoms with Gasteiger partial charge in [0.2, 0.25) is 0 Å². The maximum absolute atomic E-state index is 12.4. The molecular weight excluding hydrogens is 512 g/mol. The summed E-state index contributed by atoms with van der Waals surface area (Å²) in [5.41, 5.74) is 0.215. The third kappa shape index (κ3) is 7.55. The average molecular weight is 553 g/mol. The van der Waals surface area contributed by atoms with Crippen molar-refractivity contribution in [1.29, 1.82) is 0 Å². The number of hydrogen-bond donors (Lipinski definition) is 3. The van der Waals surface area contributed by atoms with E-state index in [4.69, 9.17) is 18.9 Å². The summed E-state index contributed by atoms with van der Waals surface area (Å²) in [7, 11) is 0. The molecule has 0 saturated carbocycles. The molecule has 11 heteroatoms. The molecule has 0 aromatic heterocycles. The number of carbonyl (C=O) groups is 4. The van der Waals surface area contributed by atoms with Gasteiger partial charge in [0.15, 0.2) is 11.9 Å². The van der Waals surface area contributed by atoms with E-state index in [1.807, 2.05) is 13.8 Å². The summed E-state index contributed by atoms with van der Waals surface area (Å²) < 4.78 is 22.6. The van der Waals surface area contributed by atoms with E-state index in [1.54, 1.807) is 6.92 Å². The molecule has 0 heterocycles. The predicted octanol–water partition coefficient (Wildman–Crippen LogP) is 2.03. The van der Waals surface area contributed by atoms with Crippen LogP contribution >= 0.6 is 0 Å². The molecule has 0 spiro atoms. The second-order valence-corrected chi connectivity index (χ2v) is 10.6. The van der Waals surface area contributed by atoms with E-state index in [0.717, 1.165) is 6.92 Å². The van der Waals surface area contributed by atoms with Crippen LogP contribution in [0.4, 0.5) is 0 Å². The van der Waals surface area contributed by atoms with Crippen molar-refractivity contribution in [1.82, 2.24) is 0 Å². The Morgan fingerprint density at radius 1 is 0.846 bits per heavy atom. The summed E-state index contributed by atoms with van der Waals surface area (Å²) >= 11 is 0. The van der Waals surface area contributed by atoms with Gasteiger partial charge in [0, 0.05) is 40.0 Å². The minimum Gasteiger partial charge on any atom is -0.458 e. The molecule has 0 aromatic carbocycles. The summed E-state index contributed by atoms with van der Waals surface area (Å²) in [4.78, 5) is 48.9. The first kappa shape index (κ1) is 32.2. The highest BCUT2D eigenvalue weighted by Crippen LogP contribution is 2.51. The maximum atomic E-state index is 12.4. The van der Waals surface area contributed by atoms with Gasteiger partial charge in [0.05, 0.1) is 18.8 Å². The molecule has 6 atom stereocenters. The van der Waals surface area contributed by atoms with Crippen LogP contribution in [0.5, 0.6) is 0 Å². The van der Waals surface area contributed by atoms with Crippen molar-refractivity contribution >= 4 is 23.9 Å². The van der Waals surface area contributed by atoms with Gasteiger partial charge in [-0.3, -0.25) is 19.2 Å². The normalized spacial score (nSPS) is 32.5. The summed E-state index contributed by atoms with van der Waals surface area (Å²) in [5, 5.41) is 32.1. The second kappa shape index (κ2) is 12.9. The maximum Gasteiger partial charge on any atom is 0.307 e. The fraction of sp³-hybridized carbons (Fsp3) is 0.643. The smallest absolute Gasteiger partial charge is 0.307 e. The number of rotatable bonds is 5. The van der Waals surface area contributed by atoms with Crippen LogP contribution in [0.1, 0.15) is 68.2 Å². The van der Waals surface area contributed by atoms with Gasteiger partial charge >= 0.3 is 23.9 Å². The highest BCUT2D eigenvalue weighted by molar-refractivity contribution is 5.70. The Bertz CT molecular complexity index is 1080. The van der Waals surface area contributed by atoms with E-state index < -0.39 is 72.3 Å². The van der Waals surface area contributed by atoms with Crippen molar-refractivity contribution in [3.63, 3.8) is 0 Å². The molecule has 0 saturated heterocycles. The van der Waals surface area contributed by atoms with E-state index in [0.29, 0.717) is 11.1 Å². The van der Waals surface area contributed by atoms with Gasteiger partial charge in [-0.25, -0.2) is 0 Å².